The van der Waals surface area contributed by atoms with Crippen molar-refractivity contribution in [3.8, 4) is 6.07 Å². The van der Waals surface area contributed by atoms with Crippen LogP contribution in [0.15, 0.2) is 59.5 Å². The lowest BCUT2D eigenvalue weighted by Gasteiger charge is -2.38. The number of rotatable bonds is 3. The number of nitriles is 1. The molecular formula is C21H21N3O3S. The average molecular weight is 395 g/mol. The van der Waals surface area contributed by atoms with Crippen LogP contribution in [0.25, 0.3) is 0 Å². The van der Waals surface area contributed by atoms with E-state index >= 15 is 0 Å². The van der Waals surface area contributed by atoms with Gasteiger partial charge in [0.1, 0.15) is 0 Å². The Bertz CT molecular complexity index is 1030. The average Bonchev–Trinajstić information content (AvgIpc) is 3.04. The summed E-state index contributed by atoms with van der Waals surface area (Å²) in [5.74, 6) is 0.0124. The summed E-state index contributed by atoms with van der Waals surface area (Å²) in [5, 5.41) is 8.92. The summed E-state index contributed by atoms with van der Waals surface area (Å²) in [6, 6.07) is 17.4. The smallest absolute Gasteiger partial charge is 0.243 e. The molecule has 0 bridgehead atoms. The van der Waals surface area contributed by atoms with Crippen LogP contribution in [-0.4, -0.2) is 38.3 Å². The molecular weight excluding hydrogens is 374 g/mol. The minimum Gasteiger partial charge on any atom is -0.312 e. The first kappa shape index (κ1) is 18.7. The van der Waals surface area contributed by atoms with Gasteiger partial charge in [-0.2, -0.15) is 9.57 Å². The van der Waals surface area contributed by atoms with Gasteiger partial charge in [0.05, 0.1) is 21.9 Å². The molecule has 1 unspecified atom stereocenters. The number of hydrogen-bond donors (Lipinski definition) is 0. The van der Waals surface area contributed by atoms with Crippen LogP contribution >= 0.6 is 0 Å². The van der Waals surface area contributed by atoms with Crippen LogP contribution in [0, 0.1) is 16.7 Å². The largest absolute Gasteiger partial charge is 0.312 e. The first-order valence-electron chi connectivity index (χ1n) is 9.34. The normalized spacial score (nSPS) is 23.1. The molecule has 2 fully saturated rings. The molecule has 2 aromatic carbocycles. The molecule has 2 aliphatic rings. The second kappa shape index (κ2) is 7.04. The van der Waals surface area contributed by atoms with E-state index in [2.05, 4.69) is 0 Å². The van der Waals surface area contributed by atoms with Crippen molar-refractivity contribution >= 4 is 21.6 Å². The van der Waals surface area contributed by atoms with Gasteiger partial charge >= 0.3 is 0 Å². The first-order chi connectivity index (χ1) is 13.5. The summed E-state index contributed by atoms with van der Waals surface area (Å²) in [4.78, 5) is 15.2. The lowest BCUT2D eigenvalue weighted by molar-refractivity contribution is -0.127. The van der Waals surface area contributed by atoms with Crippen molar-refractivity contribution in [2.75, 3.05) is 24.5 Å². The Morgan fingerprint density at radius 2 is 1.68 bits per heavy atom. The Morgan fingerprint density at radius 3 is 2.36 bits per heavy atom. The Hall–Kier alpha value is -2.69. The highest BCUT2D eigenvalue weighted by molar-refractivity contribution is 7.89. The Balaban J connectivity index is 1.59. The quantitative estimate of drug-likeness (QED) is 0.800. The summed E-state index contributed by atoms with van der Waals surface area (Å²) < 4.78 is 27.6. The number of sulfonamides is 1. The van der Waals surface area contributed by atoms with Crippen molar-refractivity contribution in [1.82, 2.24) is 4.31 Å². The van der Waals surface area contributed by atoms with Crippen molar-refractivity contribution in [3.05, 3.63) is 60.2 Å². The van der Waals surface area contributed by atoms with Gasteiger partial charge in [0.25, 0.3) is 0 Å². The van der Waals surface area contributed by atoms with Gasteiger partial charge in [0.15, 0.2) is 0 Å². The predicted molar refractivity (Wildman–Crippen MR) is 105 cm³/mol. The molecule has 1 amide bonds. The highest BCUT2D eigenvalue weighted by atomic mass is 32.2. The predicted octanol–water partition coefficient (Wildman–Crippen LogP) is 2.77. The maximum Gasteiger partial charge on any atom is 0.243 e. The minimum atomic E-state index is -3.70. The number of benzene rings is 2. The molecule has 0 N–H and O–H groups in total. The molecule has 4 rings (SSSR count). The van der Waals surface area contributed by atoms with Gasteiger partial charge in [0, 0.05) is 25.3 Å². The van der Waals surface area contributed by atoms with E-state index in [0.717, 1.165) is 5.69 Å². The summed E-state index contributed by atoms with van der Waals surface area (Å²) in [6.07, 6.45) is 2.01. The summed E-state index contributed by atoms with van der Waals surface area (Å²) in [5.41, 5.74) is 0.614. The highest BCUT2D eigenvalue weighted by Gasteiger charge is 2.51. The first-order valence-corrected chi connectivity index (χ1v) is 10.8. The van der Waals surface area contributed by atoms with E-state index in [1.807, 2.05) is 36.4 Å². The third kappa shape index (κ3) is 3.09. The van der Waals surface area contributed by atoms with Crippen LogP contribution in [0.2, 0.25) is 0 Å². The van der Waals surface area contributed by atoms with Crippen LogP contribution in [0.5, 0.6) is 0 Å². The molecule has 1 atom stereocenters. The van der Waals surface area contributed by atoms with Gasteiger partial charge in [0.2, 0.25) is 15.9 Å². The van der Waals surface area contributed by atoms with Gasteiger partial charge in [-0.3, -0.25) is 4.79 Å². The zero-order valence-corrected chi connectivity index (χ0v) is 16.2. The van der Waals surface area contributed by atoms with Crippen LogP contribution < -0.4 is 4.90 Å². The molecule has 0 radical (unpaired) electrons. The number of anilines is 1. The summed E-state index contributed by atoms with van der Waals surface area (Å²) in [7, 11) is -3.70. The number of carbonyl (C=O) groups is 1. The zero-order chi connectivity index (χ0) is 19.8. The number of hydrogen-bond acceptors (Lipinski definition) is 4. The Labute approximate surface area is 165 Å². The van der Waals surface area contributed by atoms with E-state index in [9.17, 15) is 13.2 Å². The second-order valence-electron chi connectivity index (χ2n) is 7.40. The van der Waals surface area contributed by atoms with Gasteiger partial charge in [-0.1, -0.05) is 18.2 Å². The molecule has 2 saturated heterocycles. The van der Waals surface area contributed by atoms with Crippen molar-refractivity contribution in [2.45, 2.75) is 24.2 Å². The van der Waals surface area contributed by atoms with E-state index in [4.69, 9.17) is 5.26 Å². The van der Waals surface area contributed by atoms with Crippen LogP contribution in [0.1, 0.15) is 24.8 Å². The van der Waals surface area contributed by atoms with Crippen LogP contribution in [0.4, 0.5) is 5.69 Å². The fourth-order valence-electron chi connectivity index (χ4n) is 4.20. The van der Waals surface area contributed by atoms with Gasteiger partial charge in [-0.25, -0.2) is 8.42 Å². The number of para-hydroxylation sites is 1. The molecule has 0 saturated carbocycles. The third-order valence-electron chi connectivity index (χ3n) is 5.74. The SMILES string of the molecule is N#Cc1ccc(S(=O)(=O)N2CCCC3(CCN(c4ccccc4)C3=O)C2)cc1. The molecule has 28 heavy (non-hydrogen) atoms. The number of nitrogens with zero attached hydrogens (tertiary/aromatic N) is 3. The van der Waals surface area contributed by atoms with Crippen LogP contribution in [-0.2, 0) is 14.8 Å². The molecule has 2 heterocycles. The van der Waals surface area contributed by atoms with Crippen molar-refractivity contribution in [1.29, 1.82) is 5.26 Å². The number of piperidine rings is 1. The molecule has 0 aromatic heterocycles. The summed E-state index contributed by atoms with van der Waals surface area (Å²) >= 11 is 0. The fraction of sp³-hybridized carbons (Fsp3) is 0.333. The zero-order valence-electron chi connectivity index (χ0n) is 15.4. The molecule has 2 aliphatic heterocycles. The highest BCUT2D eigenvalue weighted by Crippen LogP contribution is 2.43. The Morgan fingerprint density at radius 1 is 0.964 bits per heavy atom. The minimum absolute atomic E-state index is 0.0124. The molecule has 144 valence electrons. The van der Waals surface area contributed by atoms with E-state index < -0.39 is 15.4 Å². The molecule has 7 heteroatoms. The lowest BCUT2D eigenvalue weighted by atomic mass is 9.79. The van der Waals surface area contributed by atoms with Crippen molar-refractivity contribution in [3.63, 3.8) is 0 Å². The summed E-state index contributed by atoms with van der Waals surface area (Å²) in [6.45, 7) is 1.22. The molecule has 0 aliphatic carbocycles. The number of amides is 1. The Kier molecular flexibility index (Phi) is 4.69. The molecule has 2 aromatic rings. The fourth-order valence-corrected chi connectivity index (χ4v) is 5.76. The third-order valence-corrected chi connectivity index (χ3v) is 7.60. The molecule has 6 nitrogen and oxygen atoms in total. The maximum atomic E-state index is 13.2. The van der Waals surface area contributed by atoms with Gasteiger partial charge in [-0.05, 0) is 55.7 Å². The van der Waals surface area contributed by atoms with Crippen LogP contribution in [0.3, 0.4) is 0 Å². The van der Waals surface area contributed by atoms with Crippen molar-refractivity contribution in [2.24, 2.45) is 5.41 Å². The van der Waals surface area contributed by atoms with E-state index in [-0.39, 0.29) is 17.3 Å². The van der Waals surface area contributed by atoms with Crippen molar-refractivity contribution < 1.29 is 13.2 Å². The molecule has 1 spiro atoms. The standard InChI is InChI=1S/C21H21N3O3S/c22-15-17-7-9-19(10-8-17)28(26,27)23-13-4-11-21(16-23)12-14-24(20(21)25)18-5-2-1-3-6-18/h1-3,5-10H,4,11-14,16H2. The van der Waals surface area contributed by atoms with Gasteiger partial charge in [-0.15, -0.1) is 0 Å². The lowest BCUT2D eigenvalue weighted by Crippen LogP contribution is -2.49. The number of carbonyl (C=O) groups excluding carboxylic acids is 1. The van der Waals surface area contributed by atoms with E-state index in [1.54, 1.807) is 4.90 Å². The van der Waals surface area contributed by atoms with Gasteiger partial charge < -0.3 is 4.90 Å². The maximum absolute atomic E-state index is 13.2. The topological polar surface area (TPSA) is 81.5 Å². The monoisotopic (exact) mass is 395 g/mol. The van der Waals surface area contributed by atoms with E-state index in [1.165, 1.54) is 28.6 Å². The van der Waals surface area contributed by atoms with E-state index in [0.29, 0.717) is 37.9 Å². The second-order valence-corrected chi connectivity index (χ2v) is 9.34.